The molecule has 0 atom stereocenters. The Morgan fingerprint density at radius 2 is 1.58 bits per heavy atom. The van der Waals surface area contributed by atoms with Gasteiger partial charge in [-0.2, -0.15) is 0 Å². The van der Waals surface area contributed by atoms with Gasteiger partial charge in [0, 0.05) is 18.8 Å². The van der Waals surface area contributed by atoms with Crippen LogP contribution in [0, 0.1) is 0 Å². The molecule has 1 saturated heterocycles. The minimum Gasteiger partial charge on any atom is -0.436 e. The molecular formula is C20H22N4O2. The molecule has 0 radical (unpaired) electrons. The number of aromatic amines is 1. The summed E-state index contributed by atoms with van der Waals surface area (Å²) in [5.74, 6) is 0.952. The Labute approximate surface area is 152 Å². The lowest BCUT2D eigenvalue weighted by atomic mass is 10.0. The number of piperidine rings is 1. The number of anilines is 1. The number of nitrogens with zero attached hydrogens (tertiary/aromatic N) is 3. The van der Waals surface area contributed by atoms with E-state index in [0.717, 1.165) is 18.7 Å². The first-order chi connectivity index (χ1) is 12.8. The van der Waals surface area contributed by atoms with Crippen LogP contribution in [0.3, 0.4) is 0 Å². The Morgan fingerprint density at radius 1 is 0.923 bits per heavy atom. The molecule has 1 fully saturated rings. The van der Waals surface area contributed by atoms with Crippen molar-refractivity contribution in [2.45, 2.75) is 25.9 Å². The molecule has 2 N–H and O–H groups in total. The van der Waals surface area contributed by atoms with Gasteiger partial charge in [0.1, 0.15) is 11.4 Å². The number of rotatable bonds is 5. The predicted octanol–water partition coefficient (Wildman–Crippen LogP) is 3.75. The van der Waals surface area contributed by atoms with E-state index in [1.807, 2.05) is 24.3 Å². The maximum Gasteiger partial charge on any atom is 0.264 e. The van der Waals surface area contributed by atoms with Gasteiger partial charge in [0.15, 0.2) is 0 Å². The zero-order valence-corrected chi connectivity index (χ0v) is 14.6. The quantitative estimate of drug-likeness (QED) is 0.733. The largest absolute Gasteiger partial charge is 0.436 e. The lowest BCUT2D eigenvalue weighted by Gasteiger charge is -2.28. The molecule has 3 aromatic rings. The Kier molecular flexibility index (Phi) is 4.84. The first kappa shape index (κ1) is 16.6. The second-order valence-corrected chi connectivity index (χ2v) is 6.47. The molecule has 0 unspecified atom stereocenters. The van der Waals surface area contributed by atoms with E-state index in [1.165, 1.54) is 30.5 Å². The van der Waals surface area contributed by atoms with Gasteiger partial charge in [0.05, 0.1) is 6.61 Å². The number of aliphatic hydroxyl groups is 1. The highest BCUT2D eigenvalue weighted by molar-refractivity contribution is 5.67. The van der Waals surface area contributed by atoms with Crippen molar-refractivity contribution in [3.8, 4) is 22.8 Å². The molecule has 0 saturated carbocycles. The summed E-state index contributed by atoms with van der Waals surface area (Å²) in [6.45, 7) is 2.12. The lowest BCUT2D eigenvalue weighted by molar-refractivity contribution is 0.271. The molecule has 1 aromatic heterocycles. The van der Waals surface area contributed by atoms with Crippen molar-refractivity contribution in [3.05, 3.63) is 54.2 Å². The van der Waals surface area contributed by atoms with E-state index in [0.29, 0.717) is 17.3 Å². The number of aliphatic hydroxyl groups excluding tert-OH is 1. The Balaban J connectivity index is 1.46. The average molecular weight is 350 g/mol. The van der Waals surface area contributed by atoms with Gasteiger partial charge in [0.2, 0.25) is 0 Å². The third kappa shape index (κ3) is 3.55. The van der Waals surface area contributed by atoms with Crippen LogP contribution in [-0.2, 0) is 6.61 Å². The minimum absolute atomic E-state index is 0.191. The molecule has 0 spiro atoms. The van der Waals surface area contributed by atoms with Gasteiger partial charge in [-0.3, -0.25) is 5.10 Å². The zero-order chi connectivity index (χ0) is 17.8. The third-order valence-electron chi connectivity index (χ3n) is 4.73. The van der Waals surface area contributed by atoms with Crippen molar-refractivity contribution in [1.29, 1.82) is 0 Å². The fourth-order valence-electron chi connectivity index (χ4n) is 3.27. The second kappa shape index (κ2) is 7.58. The number of H-pyrrole nitrogens is 1. The van der Waals surface area contributed by atoms with Crippen LogP contribution in [0.15, 0.2) is 48.5 Å². The molecule has 26 heavy (non-hydrogen) atoms. The number of benzene rings is 2. The maximum atomic E-state index is 9.20. The second-order valence-electron chi connectivity index (χ2n) is 6.47. The van der Waals surface area contributed by atoms with Crippen LogP contribution in [0.1, 0.15) is 25.0 Å². The number of ether oxygens (including phenoxy) is 1. The van der Waals surface area contributed by atoms with E-state index in [9.17, 15) is 5.11 Å². The topological polar surface area (TPSA) is 74.3 Å². The van der Waals surface area contributed by atoms with Gasteiger partial charge in [-0.05, 0) is 54.7 Å². The van der Waals surface area contributed by atoms with Crippen LogP contribution in [0.2, 0.25) is 0 Å². The van der Waals surface area contributed by atoms with E-state index < -0.39 is 0 Å². The van der Waals surface area contributed by atoms with Crippen molar-refractivity contribution in [1.82, 2.24) is 15.4 Å². The van der Waals surface area contributed by atoms with Crippen LogP contribution < -0.4 is 9.64 Å². The SMILES string of the molecule is OCc1[nH]nnc1Oc1ccc(-c2ccc(N3CCCCC3)cc2)cc1. The van der Waals surface area contributed by atoms with Crippen LogP contribution in [0.5, 0.6) is 11.6 Å². The van der Waals surface area contributed by atoms with Crippen LogP contribution in [0.25, 0.3) is 11.1 Å². The highest BCUT2D eigenvalue weighted by atomic mass is 16.5. The summed E-state index contributed by atoms with van der Waals surface area (Å²) in [6.07, 6.45) is 3.91. The van der Waals surface area contributed by atoms with Crippen LogP contribution >= 0.6 is 0 Å². The monoisotopic (exact) mass is 350 g/mol. The van der Waals surface area contributed by atoms with Crippen LogP contribution in [0.4, 0.5) is 5.69 Å². The molecule has 1 aliphatic rings. The molecular weight excluding hydrogens is 328 g/mol. The van der Waals surface area contributed by atoms with Gasteiger partial charge in [-0.25, -0.2) is 0 Å². The zero-order valence-electron chi connectivity index (χ0n) is 14.6. The molecule has 1 aliphatic heterocycles. The molecule has 134 valence electrons. The summed E-state index contributed by atoms with van der Waals surface area (Å²) < 4.78 is 5.66. The Hall–Kier alpha value is -2.86. The summed E-state index contributed by atoms with van der Waals surface area (Å²) in [5.41, 5.74) is 4.07. The Morgan fingerprint density at radius 3 is 2.23 bits per heavy atom. The molecule has 2 heterocycles. The normalized spacial score (nSPS) is 14.4. The van der Waals surface area contributed by atoms with Crippen molar-refractivity contribution >= 4 is 5.69 Å². The fourth-order valence-corrected chi connectivity index (χ4v) is 3.27. The first-order valence-electron chi connectivity index (χ1n) is 8.97. The number of hydrogen-bond donors (Lipinski definition) is 2. The fraction of sp³-hybridized carbons (Fsp3) is 0.300. The van der Waals surface area contributed by atoms with Gasteiger partial charge >= 0.3 is 0 Å². The van der Waals surface area contributed by atoms with Crippen molar-refractivity contribution < 1.29 is 9.84 Å². The maximum absolute atomic E-state index is 9.20. The summed E-state index contributed by atoms with van der Waals surface area (Å²) >= 11 is 0. The predicted molar refractivity (Wildman–Crippen MR) is 100 cm³/mol. The van der Waals surface area contributed by atoms with Crippen molar-refractivity contribution in [3.63, 3.8) is 0 Å². The third-order valence-corrected chi connectivity index (χ3v) is 4.73. The average Bonchev–Trinajstić information content (AvgIpc) is 3.16. The highest BCUT2D eigenvalue weighted by Gasteiger charge is 2.11. The number of hydrogen-bond acceptors (Lipinski definition) is 5. The molecule has 0 aliphatic carbocycles. The first-order valence-corrected chi connectivity index (χ1v) is 8.97. The summed E-state index contributed by atoms with van der Waals surface area (Å²) in [5, 5.41) is 19.3. The van der Waals surface area contributed by atoms with Crippen LogP contribution in [-0.4, -0.2) is 33.6 Å². The molecule has 6 heteroatoms. The standard InChI is InChI=1S/C20H22N4O2/c25-14-19-20(22-23-21-19)26-18-10-6-16(7-11-18)15-4-8-17(9-5-15)24-12-2-1-3-13-24/h4-11,25H,1-3,12-14H2,(H,21,22,23). The molecule has 0 amide bonds. The van der Waals surface area contributed by atoms with Gasteiger partial charge in [-0.15, -0.1) is 0 Å². The minimum atomic E-state index is -0.191. The lowest BCUT2D eigenvalue weighted by Crippen LogP contribution is -2.29. The van der Waals surface area contributed by atoms with Crippen molar-refractivity contribution in [2.75, 3.05) is 18.0 Å². The van der Waals surface area contributed by atoms with Gasteiger partial charge in [0.25, 0.3) is 5.88 Å². The summed E-state index contributed by atoms with van der Waals surface area (Å²) in [7, 11) is 0. The smallest absolute Gasteiger partial charge is 0.264 e. The van der Waals surface area contributed by atoms with E-state index in [2.05, 4.69) is 44.6 Å². The van der Waals surface area contributed by atoms with Gasteiger partial charge < -0.3 is 14.7 Å². The van der Waals surface area contributed by atoms with E-state index >= 15 is 0 Å². The molecule has 4 rings (SSSR count). The van der Waals surface area contributed by atoms with E-state index in [1.54, 1.807) is 0 Å². The highest BCUT2D eigenvalue weighted by Crippen LogP contribution is 2.28. The molecule has 2 aromatic carbocycles. The van der Waals surface area contributed by atoms with Gasteiger partial charge in [-0.1, -0.05) is 34.6 Å². The number of nitrogens with one attached hydrogen (secondary N) is 1. The van der Waals surface area contributed by atoms with Crippen molar-refractivity contribution in [2.24, 2.45) is 0 Å². The molecule has 6 nitrogen and oxygen atoms in total. The molecule has 0 bridgehead atoms. The van der Waals surface area contributed by atoms with E-state index in [4.69, 9.17) is 4.74 Å². The number of aromatic nitrogens is 3. The Bertz CT molecular complexity index is 837. The summed E-state index contributed by atoms with van der Waals surface area (Å²) in [4.78, 5) is 2.46. The summed E-state index contributed by atoms with van der Waals surface area (Å²) in [6, 6.07) is 16.6. The van der Waals surface area contributed by atoms with E-state index in [-0.39, 0.29) is 6.61 Å².